The molecule has 1 saturated heterocycles. The molecule has 2 rings (SSSR count). The molecule has 0 saturated carbocycles. The van der Waals surface area contributed by atoms with E-state index in [1.807, 2.05) is 0 Å². The van der Waals surface area contributed by atoms with Crippen LogP contribution in [-0.4, -0.2) is 41.7 Å². The Bertz CT molecular complexity index is 455. The van der Waals surface area contributed by atoms with Gasteiger partial charge in [0, 0.05) is 17.6 Å². The lowest BCUT2D eigenvalue weighted by Crippen LogP contribution is -2.33. The molecular formula is C12H13BrFNO3. The Kier molecular flexibility index (Phi) is 4.19. The molecule has 1 aromatic carbocycles. The van der Waals surface area contributed by atoms with Crippen molar-refractivity contribution >= 4 is 21.8 Å². The maximum absolute atomic E-state index is 13.4. The number of hydrogen-bond acceptors (Lipinski definition) is 3. The number of aliphatic hydroxyl groups is 1. The Morgan fingerprint density at radius 1 is 1.61 bits per heavy atom. The number of benzene rings is 1. The van der Waals surface area contributed by atoms with Gasteiger partial charge in [-0.2, -0.15) is 0 Å². The Balaban J connectivity index is 1.89. The first-order valence-electron chi connectivity index (χ1n) is 5.60. The molecular weight excluding hydrogens is 305 g/mol. The second kappa shape index (κ2) is 5.67. The molecule has 0 aliphatic carbocycles. The quantitative estimate of drug-likeness (QED) is 0.920. The zero-order valence-corrected chi connectivity index (χ0v) is 11.2. The first kappa shape index (κ1) is 13.3. The summed E-state index contributed by atoms with van der Waals surface area (Å²) < 4.78 is 19.2. The second-order valence-electron chi connectivity index (χ2n) is 4.15. The fourth-order valence-electron chi connectivity index (χ4n) is 1.79. The van der Waals surface area contributed by atoms with Gasteiger partial charge in [-0.15, -0.1) is 0 Å². The van der Waals surface area contributed by atoms with Gasteiger partial charge >= 0.3 is 0 Å². The van der Waals surface area contributed by atoms with Crippen LogP contribution in [0.5, 0.6) is 5.75 Å². The summed E-state index contributed by atoms with van der Waals surface area (Å²) in [5.41, 5.74) is 0. The summed E-state index contributed by atoms with van der Waals surface area (Å²) in [6, 6.07) is 4.38. The third-order valence-corrected chi connectivity index (χ3v) is 3.25. The van der Waals surface area contributed by atoms with Gasteiger partial charge in [-0.25, -0.2) is 4.39 Å². The van der Waals surface area contributed by atoms with Gasteiger partial charge in [-0.3, -0.25) is 4.79 Å². The molecule has 1 aliphatic rings. The zero-order valence-electron chi connectivity index (χ0n) is 9.60. The zero-order chi connectivity index (χ0) is 13.1. The number of rotatable bonds is 3. The Hall–Kier alpha value is -1.14. The van der Waals surface area contributed by atoms with Crippen LogP contribution in [-0.2, 0) is 4.79 Å². The largest absolute Gasteiger partial charge is 0.481 e. The van der Waals surface area contributed by atoms with Crippen LogP contribution in [0.4, 0.5) is 4.39 Å². The van der Waals surface area contributed by atoms with Crippen LogP contribution in [0.25, 0.3) is 0 Å². The Morgan fingerprint density at radius 2 is 2.39 bits per heavy atom. The van der Waals surface area contributed by atoms with Crippen LogP contribution in [0.2, 0.25) is 0 Å². The number of likely N-dealkylation sites (tertiary alicyclic amines) is 1. The van der Waals surface area contributed by atoms with E-state index in [2.05, 4.69) is 15.9 Å². The lowest BCUT2D eigenvalue weighted by Gasteiger charge is -2.16. The summed E-state index contributed by atoms with van der Waals surface area (Å²) in [5.74, 6) is -0.709. The van der Waals surface area contributed by atoms with Gasteiger partial charge in [0.2, 0.25) is 0 Å². The van der Waals surface area contributed by atoms with Crippen molar-refractivity contribution in [2.24, 2.45) is 0 Å². The van der Waals surface area contributed by atoms with E-state index >= 15 is 0 Å². The first-order chi connectivity index (χ1) is 8.56. The van der Waals surface area contributed by atoms with Crippen LogP contribution in [0, 0.1) is 5.82 Å². The van der Waals surface area contributed by atoms with Gasteiger partial charge in [-0.1, -0.05) is 15.9 Å². The molecule has 0 spiro atoms. The van der Waals surface area contributed by atoms with Gasteiger partial charge in [-0.05, 0) is 24.6 Å². The van der Waals surface area contributed by atoms with Crippen LogP contribution in [0.3, 0.4) is 0 Å². The van der Waals surface area contributed by atoms with E-state index < -0.39 is 11.9 Å². The highest BCUT2D eigenvalue weighted by Crippen LogP contribution is 2.21. The predicted molar refractivity (Wildman–Crippen MR) is 66.8 cm³/mol. The standard InChI is InChI=1S/C12H13BrFNO3/c13-8-1-2-11(10(14)5-8)18-7-12(17)15-4-3-9(16)6-15/h1-2,5,9,16H,3-4,6-7H2. The fourth-order valence-corrected chi connectivity index (χ4v) is 2.12. The smallest absolute Gasteiger partial charge is 0.260 e. The Labute approximate surface area is 112 Å². The molecule has 1 fully saturated rings. The van der Waals surface area contributed by atoms with Crippen molar-refractivity contribution in [1.82, 2.24) is 4.90 Å². The van der Waals surface area contributed by atoms with E-state index in [-0.39, 0.29) is 18.3 Å². The third-order valence-electron chi connectivity index (χ3n) is 2.76. The molecule has 1 aliphatic heterocycles. The summed E-state index contributed by atoms with van der Waals surface area (Å²) in [6.07, 6.45) is 0.122. The summed E-state index contributed by atoms with van der Waals surface area (Å²) in [6.45, 7) is 0.627. The molecule has 1 heterocycles. The Morgan fingerprint density at radius 3 is 3.00 bits per heavy atom. The summed E-state index contributed by atoms with van der Waals surface area (Å²) >= 11 is 3.14. The minimum absolute atomic E-state index is 0.0475. The van der Waals surface area contributed by atoms with Crippen molar-refractivity contribution in [2.45, 2.75) is 12.5 Å². The lowest BCUT2D eigenvalue weighted by atomic mass is 10.3. The number of hydrogen-bond donors (Lipinski definition) is 1. The molecule has 1 amide bonds. The average Bonchev–Trinajstić information content (AvgIpc) is 2.74. The van der Waals surface area contributed by atoms with E-state index in [9.17, 15) is 14.3 Å². The maximum atomic E-state index is 13.4. The van der Waals surface area contributed by atoms with E-state index in [0.717, 1.165) is 0 Å². The van der Waals surface area contributed by atoms with Gasteiger partial charge in [0.05, 0.1) is 6.10 Å². The number of halogens is 2. The average molecular weight is 318 g/mol. The molecule has 1 aromatic rings. The molecule has 1 unspecified atom stereocenters. The van der Waals surface area contributed by atoms with Crippen molar-refractivity contribution in [3.8, 4) is 5.75 Å². The van der Waals surface area contributed by atoms with E-state index in [1.54, 1.807) is 6.07 Å². The minimum Gasteiger partial charge on any atom is -0.481 e. The number of β-amino-alcohol motifs (C(OH)–C–C–N with tert-alkyl or cyclic N) is 1. The maximum Gasteiger partial charge on any atom is 0.260 e. The van der Waals surface area contributed by atoms with Crippen LogP contribution in [0.15, 0.2) is 22.7 Å². The fraction of sp³-hybridized carbons (Fsp3) is 0.417. The van der Waals surface area contributed by atoms with E-state index in [4.69, 9.17) is 4.74 Å². The second-order valence-corrected chi connectivity index (χ2v) is 5.06. The monoisotopic (exact) mass is 317 g/mol. The predicted octanol–water partition coefficient (Wildman–Crippen LogP) is 1.56. The molecule has 0 bridgehead atoms. The molecule has 4 nitrogen and oxygen atoms in total. The van der Waals surface area contributed by atoms with Crippen molar-refractivity contribution in [3.63, 3.8) is 0 Å². The highest BCUT2D eigenvalue weighted by Gasteiger charge is 2.24. The third kappa shape index (κ3) is 3.20. The molecule has 0 radical (unpaired) electrons. The van der Waals surface area contributed by atoms with E-state index in [0.29, 0.717) is 24.0 Å². The first-order valence-corrected chi connectivity index (χ1v) is 6.39. The molecule has 0 aromatic heterocycles. The SMILES string of the molecule is O=C(COc1ccc(Br)cc1F)N1CCC(O)C1. The van der Waals surface area contributed by atoms with Crippen molar-refractivity contribution in [1.29, 1.82) is 0 Å². The van der Waals surface area contributed by atoms with Crippen molar-refractivity contribution in [2.75, 3.05) is 19.7 Å². The van der Waals surface area contributed by atoms with Crippen molar-refractivity contribution in [3.05, 3.63) is 28.5 Å². The molecule has 98 valence electrons. The molecule has 18 heavy (non-hydrogen) atoms. The van der Waals surface area contributed by atoms with Crippen LogP contribution >= 0.6 is 15.9 Å². The molecule has 6 heteroatoms. The van der Waals surface area contributed by atoms with Crippen molar-refractivity contribution < 1.29 is 19.0 Å². The van der Waals surface area contributed by atoms with Gasteiger partial charge in [0.25, 0.3) is 5.91 Å². The highest BCUT2D eigenvalue weighted by atomic mass is 79.9. The molecule has 1 atom stereocenters. The van der Waals surface area contributed by atoms with Crippen LogP contribution in [0.1, 0.15) is 6.42 Å². The highest BCUT2D eigenvalue weighted by molar-refractivity contribution is 9.10. The summed E-state index contributed by atoms with van der Waals surface area (Å²) in [7, 11) is 0. The normalized spacial score (nSPS) is 19.1. The number of amides is 1. The van der Waals surface area contributed by atoms with Gasteiger partial charge in [0.15, 0.2) is 18.2 Å². The van der Waals surface area contributed by atoms with E-state index in [1.165, 1.54) is 17.0 Å². The number of carbonyl (C=O) groups excluding carboxylic acids is 1. The van der Waals surface area contributed by atoms with Crippen LogP contribution < -0.4 is 4.74 Å². The topological polar surface area (TPSA) is 49.8 Å². The number of nitrogens with zero attached hydrogens (tertiary/aromatic N) is 1. The minimum atomic E-state index is -0.515. The summed E-state index contributed by atoms with van der Waals surface area (Å²) in [4.78, 5) is 13.2. The lowest BCUT2D eigenvalue weighted by molar-refractivity contribution is -0.132. The van der Waals surface area contributed by atoms with Gasteiger partial charge < -0.3 is 14.7 Å². The number of aliphatic hydroxyl groups excluding tert-OH is 1. The van der Waals surface area contributed by atoms with Gasteiger partial charge in [0.1, 0.15) is 0 Å². The number of ether oxygens (including phenoxy) is 1. The molecule has 1 N–H and O–H groups in total. The number of carbonyl (C=O) groups is 1. The summed E-state index contributed by atoms with van der Waals surface area (Å²) in [5, 5.41) is 9.31.